The van der Waals surface area contributed by atoms with Gasteiger partial charge >= 0.3 is 0 Å². The molecule has 1 aliphatic heterocycles. The molecule has 1 fully saturated rings. The SMILES string of the molecule is CCC1CNC(C)CN1c1cc(C)c(Cl)cc1OC. The number of nitrogens with one attached hydrogen (secondary N) is 1. The third-order valence-corrected chi connectivity index (χ3v) is 4.26. The predicted octanol–water partition coefficient (Wildman–Crippen LogP) is 3.23. The molecule has 1 heterocycles. The van der Waals surface area contributed by atoms with E-state index < -0.39 is 0 Å². The van der Waals surface area contributed by atoms with Gasteiger partial charge in [-0.1, -0.05) is 18.5 Å². The van der Waals surface area contributed by atoms with Gasteiger partial charge in [0, 0.05) is 36.3 Å². The highest BCUT2D eigenvalue weighted by Gasteiger charge is 2.27. The summed E-state index contributed by atoms with van der Waals surface area (Å²) in [6.07, 6.45) is 1.12. The standard InChI is InChI=1S/C15H23ClN2O/c1-5-12-8-17-11(3)9-18(12)14-6-10(2)13(16)7-15(14)19-4/h6-7,11-12,17H,5,8-9H2,1-4H3. The van der Waals surface area contributed by atoms with Crippen LogP contribution in [0, 0.1) is 6.92 Å². The van der Waals surface area contributed by atoms with Crippen LogP contribution in [0.2, 0.25) is 5.02 Å². The lowest BCUT2D eigenvalue weighted by atomic mass is 10.0. The lowest BCUT2D eigenvalue weighted by molar-refractivity contribution is 0.385. The molecule has 0 radical (unpaired) electrons. The fraction of sp³-hybridized carbons (Fsp3) is 0.600. The minimum atomic E-state index is 0.489. The number of benzene rings is 1. The topological polar surface area (TPSA) is 24.5 Å². The maximum Gasteiger partial charge on any atom is 0.143 e. The molecular formula is C15H23ClN2O. The summed E-state index contributed by atoms with van der Waals surface area (Å²) in [7, 11) is 1.71. The number of methoxy groups -OCH3 is 1. The van der Waals surface area contributed by atoms with Crippen molar-refractivity contribution in [3.8, 4) is 5.75 Å². The monoisotopic (exact) mass is 282 g/mol. The van der Waals surface area contributed by atoms with Crippen molar-refractivity contribution in [1.29, 1.82) is 0 Å². The quantitative estimate of drug-likeness (QED) is 0.921. The molecule has 19 heavy (non-hydrogen) atoms. The minimum absolute atomic E-state index is 0.489. The normalized spacial score (nSPS) is 23.5. The summed E-state index contributed by atoms with van der Waals surface area (Å²) >= 11 is 6.19. The number of aryl methyl sites for hydroxylation is 1. The van der Waals surface area contributed by atoms with Crippen molar-refractivity contribution >= 4 is 17.3 Å². The Balaban J connectivity index is 2.40. The molecule has 2 atom stereocenters. The summed E-state index contributed by atoms with van der Waals surface area (Å²) < 4.78 is 5.52. The number of anilines is 1. The van der Waals surface area contributed by atoms with Crippen LogP contribution in [0.1, 0.15) is 25.8 Å². The highest BCUT2D eigenvalue weighted by molar-refractivity contribution is 6.31. The van der Waals surface area contributed by atoms with Crippen LogP contribution in [0.3, 0.4) is 0 Å². The van der Waals surface area contributed by atoms with Crippen LogP contribution in [-0.4, -0.2) is 32.3 Å². The Morgan fingerprint density at radius 1 is 1.47 bits per heavy atom. The predicted molar refractivity (Wildman–Crippen MR) is 81.6 cm³/mol. The highest BCUT2D eigenvalue weighted by atomic mass is 35.5. The van der Waals surface area contributed by atoms with Crippen LogP contribution < -0.4 is 15.0 Å². The number of ether oxygens (including phenoxy) is 1. The molecule has 0 bridgehead atoms. The Labute approximate surface area is 120 Å². The first-order chi connectivity index (χ1) is 9.06. The summed E-state index contributed by atoms with van der Waals surface area (Å²) in [6.45, 7) is 8.50. The van der Waals surface area contributed by atoms with Gasteiger partial charge in [0.1, 0.15) is 5.75 Å². The molecule has 0 aromatic heterocycles. The Bertz CT molecular complexity index is 450. The Morgan fingerprint density at radius 2 is 2.21 bits per heavy atom. The molecule has 4 heteroatoms. The molecular weight excluding hydrogens is 260 g/mol. The van der Waals surface area contributed by atoms with Crippen LogP contribution in [-0.2, 0) is 0 Å². The van der Waals surface area contributed by atoms with Crippen LogP contribution in [0.15, 0.2) is 12.1 Å². The first kappa shape index (κ1) is 14.5. The fourth-order valence-corrected chi connectivity index (χ4v) is 2.81. The summed E-state index contributed by atoms with van der Waals surface area (Å²) in [5, 5.41) is 4.30. The lowest BCUT2D eigenvalue weighted by Gasteiger charge is -2.41. The van der Waals surface area contributed by atoms with Gasteiger partial charge in [0.15, 0.2) is 0 Å². The van der Waals surface area contributed by atoms with E-state index in [1.807, 2.05) is 13.0 Å². The van der Waals surface area contributed by atoms with E-state index in [4.69, 9.17) is 16.3 Å². The zero-order chi connectivity index (χ0) is 14.0. The molecule has 1 N–H and O–H groups in total. The third-order valence-electron chi connectivity index (χ3n) is 3.85. The first-order valence-electron chi connectivity index (χ1n) is 6.91. The first-order valence-corrected chi connectivity index (χ1v) is 7.28. The van der Waals surface area contributed by atoms with Gasteiger partial charge in [-0.05, 0) is 31.9 Å². The maximum absolute atomic E-state index is 6.19. The van der Waals surface area contributed by atoms with Crippen LogP contribution in [0.25, 0.3) is 0 Å². The van der Waals surface area contributed by atoms with Gasteiger partial charge < -0.3 is 15.0 Å². The average molecular weight is 283 g/mol. The van der Waals surface area contributed by atoms with Crippen molar-refractivity contribution in [2.24, 2.45) is 0 Å². The Kier molecular flexibility index (Phi) is 4.58. The van der Waals surface area contributed by atoms with Gasteiger partial charge in [-0.25, -0.2) is 0 Å². The smallest absolute Gasteiger partial charge is 0.143 e. The molecule has 0 aliphatic carbocycles. The second-order valence-corrected chi connectivity index (χ2v) is 5.70. The molecule has 1 aromatic rings. The zero-order valence-corrected chi connectivity index (χ0v) is 12.9. The largest absolute Gasteiger partial charge is 0.495 e. The third kappa shape index (κ3) is 2.98. The van der Waals surface area contributed by atoms with Gasteiger partial charge in [-0.2, -0.15) is 0 Å². The molecule has 1 aliphatic rings. The Morgan fingerprint density at radius 3 is 2.84 bits per heavy atom. The van der Waals surface area contributed by atoms with Gasteiger partial charge in [0.05, 0.1) is 12.8 Å². The molecule has 2 unspecified atom stereocenters. The van der Waals surface area contributed by atoms with Gasteiger partial charge in [-0.3, -0.25) is 0 Å². The number of halogens is 1. The van der Waals surface area contributed by atoms with Gasteiger partial charge in [0.2, 0.25) is 0 Å². The Hall–Kier alpha value is -0.930. The fourth-order valence-electron chi connectivity index (χ4n) is 2.65. The lowest BCUT2D eigenvalue weighted by Crippen LogP contribution is -2.55. The zero-order valence-electron chi connectivity index (χ0n) is 12.2. The molecule has 1 saturated heterocycles. The number of nitrogens with zero attached hydrogens (tertiary/aromatic N) is 1. The number of hydrogen-bond acceptors (Lipinski definition) is 3. The van der Waals surface area contributed by atoms with Crippen molar-refractivity contribution in [1.82, 2.24) is 5.32 Å². The van der Waals surface area contributed by atoms with Crippen molar-refractivity contribution < 1.29 is 4.74 Å². The van der Waals surface area contributed by atoms with E-state index >= 15 is 0 Å². The van der Waals surface area contributed by atoms with E-state index in [1.54, 1.807) is 7.11 Å². The summed E-state index contributed by atoms with van der Waals surface area (Å²) in [5.41, 5.74) is 2.25. The van der Waals surface area contributed by atoms with Crippen LogP contribution >= 0.6 is 11.6 Å². The van der Waals surface area contributed by atoms with Gasteiger partial charge in [0.25, 0.3) is 0 Å². The molecule has 106 valence electrons. The number of hydrogen-bond donors (Lipinski definition) is 1. The van der Waals surface area contributed by atoms with E-state index in [1.165, 1.54) is 0 Å². The molecule has 0 amide bonds. The maximum atomic E-state index is 6.19. The summed E-state index contributed by atoms with van der Waals surface area (Å²) in [5.74, 6) is 0.864. The average Bonchev–Trinajstić information content (AvgIpc) is 2.41. The summed E-state index contributed by atoms with van der Waals surface area (Å²) in [4.78, 5) is 2.45. The van der Waals surface area contributed by atoms with Crippen molar-refractivity contribution in [3.63, 3.8) is 0 Å². The van der Waals surface area contributed by atoms with E-state index in [9.17, 15) is 0 Å². The number of piperazine rings is 1. The molecule has 2 rings (SSSR count). The van der Waals surface area contributed by atoms with E-state index in [2.05, 4.69) is 30.1 Å². The molecule has 0 saturated carbocycles. The van der Waals surface area contributed by atoms with Crippen LogP contribution in [0.5, 0.6) is 5.75 Å². The minimum Gasteiger partial charge on any atom is -0.495 e. The molecule has 1 aromatic carbocycles. The molecule has 0 spiro atoms. The molecule has 3 nitrogen and oxygen atoms in total. The van der Waals surface area contributed by atoms with Crippen molar-refractivity contribution in [2.75, 3.05) is 25.1 Å². The second-order valence-electron chi connectivity index (χ2n) is 5.30. The van der Waals surface area contributed by atoms with E-state index in [-0.39, 0.29) is 0 Å². The van der Waals surface area contributed by atoms with Crippen molar-refractivity contribution in [3.05, 3.63) is 22.7 Å². The van der Waals surface area contributed by atoms with Gasteiger partial charge in [-0.15, -0.1) is 0 Å². The highest BCUT2D eigenvalue weighted by Crippen LogP contribution is 2.35. The van der Waals surface area contributed by atoms with E-state index in [0.717, 1.165) is 41.5 Å². The second kappa shape index (κ2) is 6.02. The van der Waals surface area contributed by atoms with E-state index in [0.29, 0.717) is 12.1 Å². The summed E-state index contributed by atoms with van der Waals surface area (Å²) in [6, 6.07) is 5.06. The van der Waals surface area contributed by atoms with Crippen molar-refractivity contribution in [2.45, 2.75) is 39.3 Å². The number of rotatable bonds is 3. The van der Waals surface area contributed by atoms with Crippen LogP contribution in [0.4, 0.5) is 5.69 Å².